The van der Waals surface area contributed by atoms with E-state index in [-0.39, 0.29) is 12.3 Å². The molecule has 0 aromatic carbocycles. The lowest BCUT2D eigenvalue weighted by molar-refractivity contribution is -0.153. The number of nitrogens with one attached hydrogen (secondary N) is 1. The van der Waals surface area contributed by atoms with Crippen LogP contribution in [0.25, 0.3) is 0 Å². The first kappa shape index (κ1) is 17.9. The number of sulfonamides is 1. The Balaban J connectivity index is 2.07. The van der Waals surface area contributed by atoms with Crippen LogP contribution in [0.1, 0.15) is 44.9 Å². The fraction of sp³-hybridized carbons (Fsp3) is 0.786. The van der Waals surface area contributed by atoms with Crippen molar-refractivity contribution in [2.45, 2.75) is 52.1 Å². The quantitative estimate of drug-likeness (QED) is 0.735. The minimum Gasteiger partial charge on any atom is -0.469 e. The van der Waals surface area contributed by atoms with Gasteiger partial charge in [0.1, 0.15) is 12.2 Å². The van der Waals surface area contributed by atoms with Crippen molar-refractivity contribution in [1.82, 2.24) is 19.5 Å². The van der Waals surface area contributed by atoms with Crippen molar-refractivity contribution in [2.24, 2.45) is 5.41 Å². The van der Waals surface area contributed by atoms with Gasteiger partial charge in [-0.05, 0) is 19.8 Å². The van der Waals surface area contributed by atoms with Crippen molar-refractivity contribution in [3.05, 3.63) is 12.2 Å². The van der Waals surface area contributed by atoms with E-state index in [0.717, 1.165) is 19.3 Å². The lowest BCUT2D eigenvalue weighted by atomic mass is 9.75. The number of aryl methyl sites for hydroxylation is 1. The molecule has 130 valence electrons. The summed E-state index contributed by atoms with van der Waals surface area (Å²) >= 11 is 0. The molecule has 0 saturated heterocycles. The Morgan fingerprint density at radius 3 is 2.70 bits per heavy atom. The van der Waals surface area contributed by atoms with Crippen molar-refractivity contribution in [3.63, 3.8) is 0 Å². The normalized spacial score (nSPS) is 17.8. The third kappa shape index (κ3) is 4.29. The molecule has 0 bridgehead atoms. The van der Waals surface area contributed by atoms with Crippen LogP contribution in [0.2, 0.25) is 0 Å². The van der Waals surface area contributed by atoms with E-state index in [1.165, 1.54) is 7.11 Å². The molecule has 1 saturated carbocycles. The van der Waals surface area contributed by atoms with E-state index in [0.29, 0.717) is 25.2 Å². The van der Waals surface area contributed by atoms with E-state index in [2.05, 4.69) is 14.9 Å². The highest BCUT2D eigenvalue weighted by Crippen LogP contribution is 2.38. The summed E-state index contributed by atoms with van der Waals surface area (Å²) in [6.07, 6.45) is 5.35. The zero-order chi connectivity index (χ0) is 16.9. The Hall–Kier alpha value is -1.48. The molecule has 0 atom stereocenters. The molecule has 23 heavy (non-hydrogen) atoms. The Kier molecular flexibility index (Phi) is 5.74. The first-order valence-corrected chi connectivity index (χ1v) is 9.50. The molecular formula is C14H24N4O4S. The molecule has 9 heteroatoms. The van der Waals surface area contributed by atoms with Gasteiger partial charge >= 0.3 is 5.97 Å². The van der Waals surface area contributed by atoms with Crippen LogP contribution in [0.4, 0.5) is 0 Å². The number of methoxy groups -OCH3 is 1. The minimum atomic E-state index is -3.63. The number of carbonyl (C=O) groups excluding carboxylic acids is 1. The number of esters is 1. The molecule has 0 spiro atoms. The zero-order valence-corrected chi connectivity index (χ0v) is 14.4. The number of rotatable bonds is 7. The van der Waals surface area contributed by atoms with Gasteiger partial charge < -0.3 is 9.30 Å². The van der Waals surface area contributed by atoms with Crippen LogP contribution in [-0.2, 0) is 32.6 Å². The van der Waals surface area contributed by atoms with Gasteiger partial charge in [0.15, 0.2) is 0 Å². The second kappa shape index (κ2) is 7.39. The summed E-state index contributed by atoms with van der Waals surface area (Å²) in [5.74, 6) is -0.126. The Morgan fingerprint density at radius 2 is 2.09 bits per heavy atom. The predicted molar refractivity (Wildman–Crippen MR) is 83.9 cm³/mol. The second-order valence-electron chi connectivity index (χ2n) is 5.95. The van der Waals surface area contributed by atoms with Crippen LogP contribution >= 0.6 is 0 Å². The fourth-order valence-electron chi connectivity index (χ4n) is 3.12. The number of hydrogen-bond acceptors (Lipinski definition) is 6. The Labute approximate surface area is 136 Å². The van der Waals surface area contributed by atoms with Gasteiger partial charge in [0, 0.05) is 6.54 Å². The molecule has 0 radical (unpaired) electrons. The van der Waals surface area contributed by atoms with Crippen LogP contribution in [0.15, 0.2) is 6.33 Å². The molecule has 1 aliphatic carbocycles. The van der Waals surface area contributed by atoms with Crippen LogP contribution < -0.4 is 4.72 Å². The van der Waals surface area contributed by atoms with Crippen LogP contribution in [-0.4, -0.2) is 42.0 Å². The first-order valence-electron chi connectivity index (χ1n) is 7.85. The average molecular weight is 344 g/mol. The van der Waals surface area contributed by atoms with Gasteiger partial charge in [-0.15, -0.1) is 10.2 Å². The van der Waals surface area contributed by atoms with Gasteiger partial charge in [0.05, 0.1) is 24.8 Å². The fourth-order valence-corrected chi connectivity index (χ4v) is 4.71. The molecule has 1 aromatic rings. The van der Waals surface area contributed by atoms with Crippen LogP contribution in [0.3, 0.4) is 0 Å². The van der Waals surface area contributed by atoms with Gasteiger partial charge in [-0.1, -0.05) is 19.3 Å². The standard InChI is InChI=1S/C14H24N4O4S/c1-3-18-11-15-17-12(18)9-16-23(20,21)10-14(13(19)22-2)7-5-4-6-8-14/h11,16H,3-10H2,1-2H3. The summed E-state index contributed by atoms with van der Waals surface area (Å²) in [7, 11) is -2.32. The highest BCUT2D eigenvalue weighted by Gasteiger charge is 2.44. The molecule has 1 heterocycles. The number of carbonyl (C=O) groups is 1. The summed E-state index contributed by atoms with van der Waals surface area (Å²) in [4.78, 5) is 12.2. The monoisotopic (exact) mass is 344 g/mol. The van der Waals surface area contributed by atoms with Gasteiger partial charge in [0.25, 0.3) is 0 Å². The number of ether oxygens (including phenoxy) is 1. The molecule has 0 aliphatic heterocycles. The molecule has 1 fully saturated rings. The van der Waals surface area contributed by atoms with Crippen LogP contribution in [0, 0.1) is 5.41 Å². The molecule has 2 rings (SSSR count). The van der Waals surface area contributed by atoms with Gasteiger partial charge in [-0.2, -0.15) is 0 Å². The number of hydrogen-bond donors (Lipinski definition) is 1. The number of nitrogens with zero attached hydrogens (tertiary/aromatic N) is 3. The zero-order valence-electron chi connectivity index (χ0n) is 13.6. The largest absolute Gasteiger partial charge is 0.469 e. The van der Waals surface area contributed by atoms with Crippen molar-refractivity contribution >= 4 is 16.0 Å². The van der Waals surface area contributed by atoms with E-state index in [1.807, 2.05) is 6.92 Å². The SMILES string of the molecule is CCn1cnnc1CNS(=O)(=O)CC1(C(=O)OC)CCCCC1. The van der Waals surface area contributed by atoms with Gasteiger partial charge in [-0.3, -0.25) is 4.79 Å². The van der Waals surface area contributed by atoms with E-state index >= 15 is 0 Å². The van der Waals surface area contributed by atoms with Crippen molar-refractivity contribution < 1.29 is 17.9 Å². The molecule has 0 unspecified atom stereocenters. The maximum atomic E-state index is 12.4. The lowest BCUT2D eigenvalue weighted by Crippen LogP contribution is -2.44. The van der Waals surface area contributed by atoms with Crippen molar-refractivity contribution in [2.75, 3.05) is 12.9 Å². The Morgan fingerprint density at radius 1 is 1.39 bits per heavy atom. The second-order valence-corrected chi connectivity index (χ2v) is 7.75. The summed E-state index contributed by atoms with van der Waals surface area (Å²) in [5, 5.41) is 7.67. The molecule has 1 aromatic heterocycles. The summed E-state index contributed by atoms with van der Waals surface area (Å²) < 4.78 is 34.0. The molecule has 8 nitrogen and oxygen atoms in total. The Bertz CT molecular complexity index is 635. The molecular weight excluding hydrogens is 320 g/mol. The first-order chi connectivity index (χ1) is 10.9. The third-order valence-electron chi connectivity index (χ3n) is 4.38. The molecule has 0 amide bonds. The average Bonchev–Trinajstić information content (AvgIpc) is 3.00. The van der Waals surface area contributed by atoms with Gasteiger partial charge in [-0.25, -0.2) is 13.1 Å². The van der Waals surface area contributed by atoms with E-state index in [9.17, 15) is 13.2 Å². The highest BCUT2D eigenvalue weighted by atomic mass is 32.2. The summed E-state index contributed by atoms with van der Waals surface area (Å²) in [6, 6.07) is 0. The van der Waals surface area contributed by atoms with Crippen molar-refractivity contribution in [3.8, 4) is 0 Å². The maximum Gasteiger partial charge on any atom is 0.312 e. The lowest BCUT2D eigenvalue weighted by Gasteiger charge is -2.33. The van der Waals surface area contributed by atoms with E-state index in [4.69, 9.17) is 4.74 Å². The maximum absolute atomic E-state index is 12.4. The number of aromatic nitrogens is 3. The third-order valence-corrected chi connectivity index (χ3v) is 5.90. The van der Waals surface area contributed by atoms with E-state index < -0.39 is 21.4 Å². The summed E-state index contributed by atoms with van der Waals surface area (Å²) in [5.41, 5.74) is -0.933. The topological polar surface area (TPSA) is 103 Å². The highest BCUT2D eigenvalue weighted by molar-refractivity contribution is 7.89. The van der Waals surface area contributed by atoms with Crippen molar-refractivity contribution in [1.29, 1.82) is 0 Å². The summed E-state index contributed by atoms with van der Waals surface area (Å²) in [6.45, 7) is 2.65. The predicted octanol–water partition coefficient (Wildman–Crippen LogP) is 0.841. The van der Waals surface area contributed by atoms with Crippen LogP contribution in [0.5, 0.6) is 0 Å². The smallest absolute Gasteiger partial charge is 0.312 e. The minimum absolute atomic E-state index is 0.0629. The molecule has 1 N–H and O–H groups in total. The van der Waals surface area contributed by atoms with E-state index in [1.54, 1.807) is 10.9 Å². The van der Waals surface area contributed by atoms with Gasteiger partial charge in [0.2, 0.25) is 10.0 Å². The molecule has 1 aliphatic rings.